The molecule has 0 aliphatic heterocycles. The Labute approximate surface area is 134 Å². The van der Waals surface area contributed by atoms with Crippen LogP contribution in [0.1, 0.15) is 42.1 Å². The lowest BCUT2D eigenvalue weighted by molar-refractivity contribution is -0.115. The highest BCUT2D eigenvalue weighted by atomic mass is 35.5. The lowest BCUT2D eigenvalue weighted by Crippen LogP contribution is -2.16. The van der Waals surface area contributed by atoms with Crippen LogP contribution in [0.3, 0.4) is 0 Å². The van der Waals surface area contributed by atoms with Gasteiger partial charge in [-0.05, 0) is 44.2 Å². The highest BCUT2D eigenvalue weighted by Crippen LogP contribution is 2.33. The molecule has 2 aromatic heterocycles. The first-order chi connectivity index (χ1) is 10.6. The number of pyridine rings is 1. The zero-order chi connectivity index (χ0) is 15.5. The summed E-state index contributed by atoms with van der Waals surface area (Å²) in [6.45, 7) is 1.89. The lowest BCUT2D eigenvalue weighted by Gasteiger charge is -2.05. The Morgan fingerprint density at radius 2 is 2.36 bits per heavy atom. The van der Waals surface area contributed by atoms with Gasteiger partial charge >= 0.3 is 0 Å². The van der Waals surface area contributed by atoms with Gasteiger partial charge in [0.05, 0.1) is 17.1 Å². The molecule has 0 aromatic carbocycles. The van der Waals surface area contributed by atoms with Gasteiger partial charge in [-0.15, -0.1) is 0 Å². The third kappa shape index (κ3) is 3.47. The third-order valence-corrected chi connectivity index (χ3v) is 4.16. The largest absolute Gasteiger partial charge is 0.309 e. The fourth-order valence-electron chi connectivity index (χ4n) is 2.74. The van der Waals surface area contributed by atoms with Crippen molar-refractivity contribution in [2.24, 2.45) is 0 Å². The van der Waals surface area contributed by atoms with Crippen LogP contribution in [-0.2, 0) is 11.2 Å². The predicted molar refractivity (Wildman–Crippen MR) is 85.8 cm³/mol. The fraction of sp³-hybridized carbons (Fsp3) is 0.375. The van der Waals surface area contributed by atoms with Crippen molar-refractivity contribution in [3.05, 3.63) is 46.7 Å². The van der Waals surface area contributed by atoms with Gasteiger partial charge in [0.25, 0.3) is 0 Å². The molecule has 1 radical (unpaired) electrons. The van der Waals surface area contributed by atoms with Gasteiger partial charge in [0, 0.05) is 23.9 Å². The zero-order valence-electron chi connectivity index (χ0n) is 12.4. The first-order valence-electron chi connectivity index (χ1n) is 7.39. The summed E-state index contributed by atoms with van der Waals surface area (Å²) in [5.74, 6) is 0.936. The van der Waals surface area contributed by atoms with E-state index < -0.39 is 0 Å². The second-order valence-corrected chi connectivity index (χ2v) is 6.09. The van der Waals surface area contributed by atoms with E-state index >= 15 is 0 Å². The van der Waals surface area contributed by atoms with Gasteiger partial charge in [-0.2, -0.15) is 5.10 Å². The van der Waals surface area contributed by atoms with Gasteiger partial charge in [0.1, 0.15) is 0 Å². The molecule has 6 heteroatoms. The molecule has 3 rings (SSSR count). The minimum atomic E-state index is -0.131. The van der Waals surface area contributed by atoms with Crippen LogP contribution in [0.5, 0.6) is 0 Å². The summed E-state index contributed by atoms with van der Waals surface area (Å²) in [5.41, 5.74) is 2.72. The van der Waals surface area contributed by atoms with E-state index in [1.807, 2.05) is 13.0 Å². The molecule has 2 aromatic rings. The van der Waals surface area contributed by atoms with E-state index in [1.54, 1.807) is 12.3 Å². The highest BCUT2D eigenvalue weighted by Gasteiger charge is 2.19. The van der Waals surface area contributed by atoms with E-state index in [1.165, 1.54) is 0 Å². The van der Waals surface area contributed by atoms with Crippen LogP contribution in [0.25, 0.3) is 0 Å². The molecule has 0 bridgehead atoms. The van der Waals surface area contributed by atoms with Gasteiger partial charge in [0.15, 0.2) is 5.82 Å². The van der Waals surface area contributed by atoms with Crippen LogP contribution in [0.15, 0.2) is 18.3 Å². The molecule has 0 unspecified atom stereocenters. The second-order valence-electron chi connectivity index (χ2n) is 5.65. The molecule has 1 saturated carbocycles. The van der Waals surface area contributed by atoms with Gasteiger partial charge in [-0.25, -0.2) is 0 Å². The number of nitrogens with zero attached hydrogens (tertiary/aromatic N) is 2. The number of H-pyrrole nitrogens is 1. The van der Waals surface area contributed by atoms with Gasteiger partial charge in [-0.1, -0.05) is 11.6 Å². The Balaban J connectivity index is 1.61. The number of amides is 1. The monoisotopic (exact) mass is 317 g/mol. The fourth-order valence-corrected chi connectivity index (χ4v) is 2.95. The number of aromatic nitrogens is 3. The average Bonchev–Trinajstić information content (AvgIpc) is 3.12. The Hall–Kier alpha value is -1.88. The number of rotatable bonds is 4. The maximum atomic E-state index is 12.1. The molecule has 2 N–H and O–H groups in total. The SMILES string of the molecule is Cc1cc(Cl)cnc1CC(=O)Nc1cc([C@H]2C[CH]CC2)[nH]n1. The number of anilines is 1. The number of aromatic amines is 1. The molecule has 1 fully saturated rings. The maximum absolute atomic E-state index is 12.1. The normalized spacial score (nSPS) is 15.2. The molecule has 22 heavy (non-hydrogen) atoms. The molecular weight excluding hydrogens is 300 g/mol. The lowest BCUT2D eigenvalue weighted by atomic mass is 10.0. The molecule has 0 saturated heterocycles. The van der Waals surface area contributed by atoms with E-state index in [0.717, 1.165) is 36.2 Å². The Morgan fingerprint density at radius 1 is 1.50 bits per heavy atom. The van der Waals surface area contributed by atoms with Crippen molar-refractivity contribution in [2.75, 3.05) is 5.32 Å². The molecule has 1 aliphatic rings. The maximum Gasteiger partial charge on any atom is 0.231 e. The topological polar surface area (TPSA) is 70.7 Å². The van der Waals surface area contributed by atoms with Crippen molar-refractivity contribution in [2.45, 2.75) is 38.5 Å². The summed E-state index contributed by atoms with van der Waals surface area (Å²) in [7, 11) is 0. The van der Waals surface area contributed by atoms with Crippen molar-refractivity contribution >= 4 is 23.3 Å². The van der Waals surface area contributed by atoms with Gasteiger partial charge < -0.3 is 5.32 Å². The highest BCUT2D eigenvalue weighted by molar-refractivity contribution is 6.30. The number of carbonyl (C=O) groups excluding carboxylic acids is 1. The summed E-state index contributed by atoms with van der Waals surface area (Å²) in [5, 5.41) is 10.6. The number of hydrogen-bond donors (Lipinski definition) is 2. The summed E-state index contributed by atoms with van der Waals surface area (Å²) in [4.78, 5) is 16.3. The molecule has 115 valence electrons. The molecule has 1 aliphatic carbocycles. The summed E-state index contributed by atoms with van der Waals surface area (Å²) in [6.07, 6.45) is 7.42. The molecular formula is C16H18ClN4O. The van der Waals surface area contributed by atoms with E-state index in [-0.39, 0.29) is 12.3 Å². The minimum Gasteiger partial charge on any atom is -0.309 e. The predicted octanol–water partition coefficient (Wildman–Crippen LogP) is 3.42. The van der Waals surface area contributed by atoms with Crippen molar-refractivity contribution in [3.8, 4) is 0 Å². The van der Waals surface area contributed by atoms with Crippen LogP contribution in [-0.4, -0.2) is 21.1 Å². The van der Waals surface area contributed by atoms with Crippen molar-refractivity contribution in [1.82, 2.24) is 15.2 Å². The Kier molecular flexibility index (Phi) is 4.43. The summed E-state index contributed by atoms with van der Waals surface area (Å²) >= 11 is 5.87. The minimum absolute atomic E-state index is 0.131. The number of carbonyl (C=O) groups is 1. The smallest absolute Gasteiger partial charge is 0.231 e. The van der Waals surface area contributed by atoms with Crippen molar-refractivity contribution < 1.29 is 4.79 Å². The molecule has 2 heterocycles. The van der Waals surface area contributed by atoms with Gasteiger partial charge in [0.2, 0.25) is 5.91 Å². The van der Waals surface area contributed by atoms with Gasteiger partial charge in [-0.3, -0.25) is 14.9 Å². The van der Waals surface area contributed by atoms with E-state index in [2.05, 4.69) is 26.9 Å². The molecule has 0 spiro atoms. The first kappa shape index (κ1) is 15.0. The molecule has 5 nitrogen and oxygen atoms in total. The van der Waals surface area contributed by atoms with Crippen LogP contribution >= 0.6 is 11.6 Å². The van der Waals surface area contributed by atoms with Crippen molar-refractivity contribution in [1.29, 1.82) is 0 Å². The quantitative estimate of drug-likeness (QED) is 0.907. The number of nitrogens with one attached hydrogen (secondary N) is 2. The number of hydrogen-bond acceptors (Lipinski definition) is 3. The zero-order valence-corrected chi connectivity index (χ0v) is 13.2. The van der Waals surface area contributed by atoms with E-state index in [4.69, 9.17) is 11.6 Å². The van der Waals surface area contributed by atoms with E-state index in [9.17, 15) is 4.79 Å². The second kappa shape index (κ2) is 6.48. The molecule has 1 atom stereocenters. The van der Waals surface area contributed by atoms with Crippen LogP contribution in [0.4, 0.5) is 5.82 Å². The van der Waals surface area contributed by atoms with E-state index in [0.29, 0.717) is 16.8 Å². The standard InChI is InChI=1S/C16H18ClN4O/c1-10-6-12(17)9-18-13(10)8-16(22)19-15-7-14(20-21-15)11-4-2-3-5-11/h2,6-7,9,11H,3-5,8H2,1H3,(H2,19,20,21,22)/t11-/m0/s1. The molecule has 1 amide bonds. The number of halogens is 1. The average molecular weight is 318 g/mol. The summed E-state index contributed by atoms with van der Waals surface area (Å²) < 4.78 is 0. The van der Waals surface area contributed by atoms with Crippen LogP contribution in [0, 0.1) is 13.3 Å². The first-order valence-corrected chi connectivity index (χ1v) is 7.77. The third-order valence-electron chi connectivity index (χ3n) is 3.96. The Morgan fingerprint density at radius 3 is 3.09 bits per heavy atom. The van der Waals surface area contributed by atoms with Crippen molar-refractivity contribution in [3.63, 3.8) is 0 Å². The Bertz CT molecular complexity index is 677. The summed E-state index contributed by atoms with van der Waals surface area (Å²) in [6, 6.07) is 3.73. The van der Waals surface area contributed by atoms with Crippen LogP contribution < -0.4 is 5.32 Å². The number of aryl methyl sites for hydroxylation is 1. The van der Waals surface area contributed by atoms with Crippen LogP contribution in [0.2, 0.25) is 5.02 Å².